The number of carbonyl (C=O) groups excluding carboxylic acids is 1. The van der Waals surface area contributed by atoms with Crippen molar-refractivity contribution in [3.8, 4) is 0 Å². The standard InChI is InChI=1S/C17H19BrF2N4O3/c1-17(2,3)27-15(25)22-13-6-4-5-12(20)11(13)9-24-16(26)23(10-21-24)14(18)7-8-19/h4-8,10,14H,9H2,1-3H3,(H,22,25)/b8-7+. The minimum absolute atomic E-state index is 0.0582. The smallest absolute Gasteiger partial charge is 0.412 e. The third kappa shape index (κ3) is 5.49. The molecule has 2 rings (SSSR count). The largest absolute Gasteiger partial charge is 0.444 e. The van der Waals surface area contributed by atoms with Crippen LogP contribution >= 0.6 is 15.9 Å². The molecule has 1 unspecified atom stereocenters. The van der Waals surface area contributed by atoms with Gasteiger partial charge in [-0.05, 0) is 39.0 Å². The molecule has 0 bridgehead atoms. The Bertz CT molecular complexity index is 902. The summed E-state index contributed by atoms with van der Waals surface area (Å²) >= 11 is 3.12. The lowest BCUT2D eigenvalue weighted by molar-refractivity contribution is 0.0635. The summed E-state index contributed by atoms with van der Waals surface area (Å²) in [6.45, 7) is 4.87. The van der Waals surface area contributed by atoms with Crippen molar-refractivity contribution < 1.29 is 18.3 Å². The van der Waals surface area contributed by atoms with Crippen LogP contribution in [0.15, 0.2) is 41.7 Å². The van der Waals surface area contributed by atoms with E-state index in [1.807, 2.05) is 0 Å². The monoisotopic (exact) mass is 444 g/mol. The number of nitrogens with one attached hydrogen (secondary N) is 1. The molecule has 1 aromatic carbocycles. The summed E-state index contributed by atoms with van der Waals surface area (Å²) in [6.07, 6.45) is 1.85. The fourth-order valence-electron chi connectivity index (χ4n) is 2.18. The SMILES string of the molecule is CC(C)(C)OC(=O)Nc1cccc(F)c1Cn1ncn(C(Br)/C=C/F)c1=O. The van der Waals surface area contributed by atoms with E-state index in [0.29, 0.717) is 6.33 Å². The van der Waals surface area contributed by atoms with Gasteiger partial charge in [0.05, 0.1) is 18.6 Å². The van der Waals surface area contributed by atoms with Crippen LogP contribution in [0.5, 0.6) is 0 Å². The molecule has 0 fully saturated rings. The van der Waals surface area contributed by atoms with Crippen LogP contribution in [-0.4, -0.2) is 26.0 Å². The summed E-state index contributed by atoms with van der Waals surface area (Å²) in [5, 5.41) is 6.38. The number of rotatable bonds is 5. The number of benzene rings is 1. The number of aromatic nitrogens is 3. The van der Waals surface area contributed by atoms with E-state index in [0.717, 1.165) is 15.3 Å². The first-order chi connectivity index (χ1) is 12.6. The van der Waals surface area contributed by atoms with Gasteiger partial charge in [-0.1, -0.05) is 22.0 Å². The molecule has 1 N–H and O–H groups in total. The Morgan fingerprint density at radius 1 is 1.44 bits per heavy atom. The molecule has 7 nitrogen and oxygen atoms in total. The molecular formula is C17H19BrF2N4O3. The number of ether oxygens (including phenoxy) is 1. The van der Waals surface area contributed by atoms with Gasteiger partial charge >= 0.3 is 11.8 Å². The molecule has 27 heavy (non-hydrogen) atoms. The van der Waals surface area contributed by atoms with Gasteiger partial charge in [0, 0.05) is 5.56 Å². The molecule has 1 heterocycles. The van der Waals surface area contributed by atoms with Crippen molar-refractivity contribution in [2.75, 3.05) is 5.32 Å². The number of alkyl halides is 1. The van der Waals surface area contributed by atoms with Crippen molar-refractivity contribution in [2.45, 2.75) is 37.9 Å². The van der Waals surface area contributed by atoms with Crippen LogP contribution in [0, 0.1) is 5.82 Å². The van der Waals surface area contributed by atoms with E-state index in [2.05, 4.69) is 26.3 Å². The molecule has 0 radical (unpaired) electrons. The lowest BCUT2D eigenvalue weighted by atomic mass is 10.1. The highest BCUT2D eigenvalue weighted by Crippen LogP contribution is 2.21. The zero-order valence-electron chi connectivity index (χ0n) is 14.9. The topological polar surface area (TPSA) is 78.2 Å². The Morgan fingerprint density at radius 2 is 2.15 bits per heavy atom. The maximum absolute atomic E-state index is 14.3. The molecule has 2 aromatic rings. The van der Waals surface area contributed by atoms with Crippen LogP contribution in [0.2, 0.25) is 0 Å². The first-order valence-corrected chi connectivity index (χ1v) is 8.86. The van der Waals surface area contributed by atoms with Gasteiger partial charge in [0.2, 0.25) is 0 Å². The predicted octanol–water partition coefficient (Wildman–Crippen LogP) is 3.96. The van der Waals surface area contributed by atoms with Crippen molar-refractivity contribution in [2.24, 2.45) is 0 Å². The van der Waals surface area contributed by atoms with E-state index in [9.17, 15) is 18.4 Å². The van der Waals surface area contributed by atoms with Crippen molar-refractivity contribution in [3.05, 3.63) is 58.8 Å². The van der Waals surface area contributed by atoms with Crippen LogP contribution in [0.4, 0.5) is 19.3 Å². The van der Waals surface area contributed by atoms with Crippen LogP contribution in [0.1, 0.15) is 31.3 Å². The highest BCUT2D eigenvalue weighted by Gasteiger charge is 2.19. The van der Waals surface area contributed by atoms with Gasteiger partial charge in [0.25, 0.3) is 0 Å². The molecule has 0 saturated carbocycles. The lowest BCUT2D eigenvalue weighted by Crippen LogP contribution is -2.29. The second-order valence-corrected chi connectivity index (χ2v) is 7.50. The van der Waals surface area contributed by atoms with Crippen molar-refractivity contribution in [1.82, 2.24) is 14.3 Å². The average molecular weight is 445 g/mol. The fraction of sp³-hybridized carbons (Fsp3) is 0.353. The molecule has 1 aromatic heterocycles. The normalized spacial score (nSPS) is 13.0. The average Bonchev–Trinajstić information content (AvgIpc) is 2.90. The molecule has 1 atom stereocenters. The predicted molar refractivity (Wildman–Crippen MR) is 100 cm³/mol. The van der Waals surface area contributed by atoms with E-state index in [4.69, 9.17) is 4.74 Å². The number of halogens is 3. The Morgan fingerprint density at radius 3 is 2.78 bits per heavy atom. The summed E-state index contributed by atoms with van der Waals surface area (Å²) in [4.78, 5) is 23.6. The minimum atomic E-state index is -0.749. The molecule has 146 valence electrons. The van der Waals surface area contributed by atoms with Crippen molar-refractivity contribution in [1.29, 1.82) is 0 Å². The summed E-state index contributed by atoms with van der Waals surface area (Å²) < 4.78 is 33.9. The van der Waals surface area contributed by atoms with Gasteiger partial charge in [0.15, 0.2) is 0 Å². The van der Waals surface area contributed by atoms with Crippen molar-refractivity contribution in [3.63, 3.8) is 0 Å². The van der Waals surface area contributed by atoms with E-state index in [1.54, 1.807) is 20.8 Å². The summed E-state index contributed by atoms with van der Waals surface area (Å²) in [7, 11) is 0. The van der Waals surface area contributed by atoms with Crippen molar-refractivity contribution >= 4 is 27.7 Å². The second-order valence-electron chi connectivity index (χ2n) is 6.56. The Labute approximate surface area is 162 Å². The molecule has 0 spiro atoms. The van der Waals surface area contributed by atoms with Crippen LogP contribution in [0.3, 0.4) is 0 Å². The van der Waals surface area contributed by atoms with Crippen LogP contribution in [0.25, 0.3) is 0 Å². The van der Waals surface area contributed by atoms with E-state index >= 15 is 0 Å². The first-order valence-electron chi connectivity index (χ1n) is 7.94. The summed E-state index contributed by atoms with van der Waals surface area (Å²) in [6, 6.07) is 4.12. The summed E-state index contributed by atoms with van der Waals surface area (Å²) in [5.74, 6) is -0.621. The summed E-state index contributed by atoms with van der Waals surface area (Å²) in [5.41, 5.74) is -1.09. The number of carbonyl (C=O) groups is 1. The number of hydrogen-bond acceptors (Lipinski definition) is 4. The first kappa shape index (κ1) is 20.8. The van der Waals surface area contributed by atoms with Gasteiger partial charge in [-0.2, -0.15) is 5.10 Å². The van der Waals surface area contributed by atoms with Gasteiger partial charge in [-0.25, -0.2) is 23.1 Å². The Kier molecular flexibility index (Phi) is 6.53. The Hall–Kier alpha value is -2.49. The highest BCUT2D eigenvalue weighted by atomic mass is 79.9. The van der Waals surface area contributed by atoms with Crippen LogP contribution < -0.4 is 11.0 Å². The number of allylic oxidation sites excluding steroid dienone is 1. The Balaban J connectivity index is 2.30. The van der Waals surface area contributed by atoms with Gasteiger partial charge in [-0.15, -0.1) is 0 Å². The molecule has 1 amide bonds. The second kappa shape index (κ2) is 8.47. The number of nitrogens with zero attached hydrogens (tertiary/aromatic N) is 3. The van der Waals surface area contributed by atoms with Gasteiger partial charge < -0.3 is 4.74 Å². The minimum Gasteiger partial charge on any atom is -0.444 e. The quantitative estimate of drug-likeness (QED) is 0.707. The third-order valence-corrected chi connectivity index (χ3v) is 4.06. The number of anilines is 1. The molecular weight excluding hydrogens is 426 g/mol. The molecule has 10 heteroatoms. The molecule has 0 aliphatic heterocycles. The molecule has 0 saturated heterocycles. The lowest BCUT2D eigenvalue weighted by Gasteiger charge is -2.20. The fourth-order valence-corrected chi connectivity index (χ4v) is 2.58. The van der Waals surface area contributed by atoms with E-state index in [-0.39, 0.29) is 17.8 Å². The zero-order chi connectivity index (χ0) is 20.2. The van der Waals surface area contributed by atoms with Crippen LogP contribution in [-0.2, 0) is 11.3 Å². The zero-order valence-corrected chi connectivity index (χ0v) is 16.5. The molecule has 0 aliphatic carbocycles. The maximum Gasteiger partial charge on any atom is 0.412 e. The van der Waals surface area contributed by atoms with E-state index in [1.165, 1.54) is 24.5 Å². The molecule has 0 aliphatic rings. The van der Waals surface area contributed by atoms with E-state index < -0.39 is 28.2 Å². The number of hydrogen-bond donors (Lipinski definition) is 1. The van der Waals surface area contributed by atoms with Gasteiger partial charge in [-0.3, -0.25) is 9.88 Å². The highest BCUT2D eigenvalue weighted by molar-refractivity contribution is 9.09. The number of amides is 1. The third-order valence-electron chi connectivity index (χ3n) is 3.32. The van der Waals surface area contributed by atoms with Gasteiger partial charge in [0.1, 0.15) is 22.7 Å². The maximum atomic E-state index is 14.3.